The molecule has 146 valence electrons. The molecule has 0 aliphatic carbocycles. The van der Waals surface area contributed by atoms with Crippen LogP contribution in [0.15, 0.2) is 38.8 Å². The Balaban J connectivity index is 2.61. The summed E-state index contributed by atoms with van der Waals surface area (Å²) in [5.41, 5.74) is -1.95. The Kier molecular flexibility index (Phi) is 6.05. The number of H-pyrrole nitrogens is 2. The lowest BCUT2D eigenvalue weighted by molar-refractivity contribution is -0.138. The first-order valence-electron chi connectivity index (χ1n) is 7.86. The number of nitrogens with zero attached hydrogens (tertiary/aromatic N) is 1. The van der Waals surface area contributed by atoms with Crippen molar-refractivity contribution in [1.82, 2.24) is 9.97 Å². The number of hydrogen-bond donors (Lipinski definition) is 2. The largest absolute Gasteiger partial charge is 0.494 e. The zero-order valence-corrected chi connectivity index (χ0v) is 15.8. The van der Waals surface area contributed by atoms with E-state index in [1.807, 2.05) is 4.98 Å². The van der Waals surface area contributed by atoms with Crippen LogP contribution in [0.3, 0.4) is 0 Å². The second-order valence-electron chi connectivity index (χ2n) is 5.38. The molecule has 0 atom stereocenters. The Morgan fingerprint density at radius 1 is 1.15 bits per heavy atom. The Hall–Kier alpha value is -3.08. The number of carbonyl (C=O) groups is 1. The lowest BCUT2D eigenvalue weighted by Gasteiger charge is -2.23. The highest BCUT2D eigenvalue weighted by Crippen LogP contribution is 2.25. The predicted octanol–water partition coefficient (Wildman–Crippen LogP) is 0.139. The van der Waals surface area contributed by atoms with Crippen molar-refractivity contribution in [1.29, 1.82) is 0 Å². The van der Waals surface area contributed by atoms with Crippen LogP contribution in [-0.4, -0.2) is 44.6 Å². The maximum Gasteiger partial charge on any atom is 0.326 e. The van der Waals surface area contributed by atoms with Crippen molar-refractivity contribution in [3.05, 3.63) is 50.8 Å². The van der Waals surface area contributed by atoms with E-state index in [4.69, 9.17) is 4.74 Å². The molecule has 0 saturated heterocycles. The number of aromatic nitrogens is 2. The molecule has 0 fully saturated rings. The first-order valence-corrected chi connectivity index (χ1v) is 9.30. The van der Waals surface area contributed by atoms with Gasteiger partial charge >= 0.3 is 11.7 Å². The Bertz CT molecular complexity index is 1040. The Morgan fingerprint density at radius 2 is 1.78 bits per heavy atom. The van der Waals surface area contributed by atoms with Crippen LogP contribution in [0.25, 0.3) is 0 Å². The van der Waals surface area contributed by atoms with Gasteiger partial charge in [0.25, 0.3) is 15.6 Å². The quantitative estimate of drug-likeness (QED) is 0.634. The van der Waals surface area contributed by atoms with E-state index in [-0.39, 0.29) is 11.4 Å². The van der Waals surface area contributed by atoms with Crippen molar-refractivity contribution in [3.63, 3.8) is 0 Å². The third kappa shape index (κ3) is 4.37. The molecule has 0 saturated carbocycles. The van der Waals surface area contributed by atoms with E-state index in [1.165, 1.54) is 31.2 Å². The van der Waals surface area contributed by atoms with E-state index in [0.717, 1.165) is 11.4 Å². The normalized spacial score (nSPS) is 11.1. The molecule has 0 spiro atoms. The number of esters is 1. The van der Waals surface area contributed by atoms with Crippen molar-refractivity contribution in [2.75, 3.05) is 24.6 Å². The minimum absolute atomic E-state index is 0.119. The summed E-state index contributed by atoms with van der Waals surface area (Å²) in [6, 6.07) is 5.92. The molecular formula is C16H19N3O7S. The molecule has 0 unspecified atom stereocenters. The fourth-order valence-corrected chi connectivity index (χ4v) is 4.00. The predicted molar refractivity (Wildman–Crippen MR) is 96.6 cm³/mol. The smallest absolute Gasteiger partial charge is 0.326 e. The molecule has 0 amide bonds. The monoisotopic (exact) mass is 397 g/mol. The summed E-state index contributed by atoms with van der Waals surface area (Å²) < 4.78 is 36.8. The molecule has 2 N–H and O–H groups in total. The number of rotatable bonds is 7. The molecule has 27 heavy (non-hydrogen) atoms. The average Bonchev–Trinajstić information content (AvgIpc) is 2.59. The third-order valence-electron chi connectivity index (χ3n) is 3.56. The van der Waals surface area contributed by atoms with Crippen molar-refractivity contribution >= 4 is 21.7 Å². The summed E-state index contributed by atoms with van der Waals surface area (Å²) >= 11 is 0. The number of sulfonamides is 1. The highest BCUT2D eigenvalue weighted by atomic mass is 32.2. The van der Waals surface area contributed by atoms with Gasteiger partial charge in [0.05, 0.1) is 19.4 Å². The first-order chi connectivity index (χ1) is 12.7. The highest BCUT2D eigenvalue weighted by molar-refractivity contribution is 7.92. The number of anilines is 1. The number of carbonyl (C=O) groups excluding carboxylic acids is 1. The lowest BCUT2D eigenvalue weighted by atomic mass is 10.3. The molecule has 10 nitrogen and oxygen atoms in total. The molecule has 1 aromatic heterocycles. The molecule has 0 radical (unpaired) electrons. The van der Waals surface area contributed by atoms with Crippen LogP contribution in [0, 0.1) is 6.92 Å². The number of ether oxygens (including phenoxy) is 2. The summed E-state index contributed by atoms with van der Waals surface area (Å²) in [5, 5.41) is 0. The van der Waals surface area contributed by atoms with Gasteiger partial charge in [-0.1, -0.05) is 0 Å². The van der Waals surface area contributed by atoms with E-state index in [2.05, 4.69) is 9.72 Å². The van der Waals surface area contributed by atoms with Crippen LogP contribution in [0.1, 0.15) is 12.6 Å². The van der Waals surface area contributed by atoms with E-state index in [0.29, 0.717) is 12.4 Å². The molecule has 0 aliphatic heterocycles. The van der Waals surface area contributed by atoms with Gasteiger partial charge in [-0.2, -0.15) is 0 Å². The summed E-state index contributed by atoms with van der Waals surface area (Å²) in [5.74, 6) is -0.319. The van der Waals surface area contributed by atoms with E-state index in [9.17, 15) is 22.8 Å². The zero-order valence-electron chi connectivity index (χ0n) is 14.9. The summed E-state index contributed by atoms with van der Waals surface area (Å²) in [6.07, 6.45) is 0. The minimum Gasteiger partial charge on any atom is -0.494 e. The molecule has 0 aliphatic rings. The molecule has 0 bridgehead atoms. The second-order valence-corrected chi connectivity index (χ2v) is 7.18. The van der Waals surface area contributed by atoms with Crippen LogP contribution >= 0.6 is 0 Å². The van der Waals surface area contributed by atoms with Crippen LogP contribution < -0.4 is 20.3 Å². The van der Waals surface area contributed by atoms with Gasteiger partial charge in [-0.05, 0) is 38.1 Å². The fraction of sp³-hybridized carbons (Fsp3) is 0.312. The van der Waals surface area contributed by atoms with E-state index >= 15 is 0 Å². The van der Waals surface area contributed by atoms with Gasteiger partial charge in [0.1, 0.15) is 12.3 Å². The van der Waals surface area contributed by atoms with Crippen molar-refractivity contribution in [3.8, 4) is 5.75 Å². The van der Waals surface area contributed by atoms with E-state index < -0.39 is 38.7 Å². The Morgan fingerprint density at radius 3 is 2.30 bits per heavy atom. The van der Waals surface area contributed by atoms with Crippen molar-refractivity contribution in [2.24, 2.45) is 0 Å². The van der Waals surface area contributed by atoms with Crippen LogP contribution in [-0.2, 0) is 19.6 Å². The SMILES string of the molecule is CCOc1ccc(N(CC(=O)OC)S(=O)(=O)c2c(C)[nH]c(=O)[nH]c2=O)cc1. The van der Waals surface area contributed by atoms with Gasteiger partial charge in [0, 0.05) is 5.69 Å². The van der Waals surface area contributed by atoms with Gasteiger partial charge in [-0.3, -0.25) is 18.9 Å². The topological polar surface area (TPSA) is 139 Å². The Labute approximate surface area is 154 Å². The van der Waals surface area contributed by atoms with Crippen LogP contribution in [0.5, 0.6) is 5.75 Å². The van der Waals surface area contributed by atoms with Crippen LogP contribution in [0.4, 0.5) is 5.69 Å². The fourth-order valence-electron chi connectivity index (χ4n) is 2.38. The first kappa shape index (κ1) is 20.2. The molecular weight excluding hydrogens is 378 g/mol. The molecule has 11 heteroatoms. The standard InChI is InChI=1S/C16H19N3O7S/c1-4-26-12-7-5-11(6-8-12)19(9-13(20)25-3)27(23,24)14-10(2)17-16(22)18-15(14)21/h5-8H,4,9H2,1-3H3,(H2,17,18,21,22). The van der Waals surface area contributed by atoms with Crippen LogP contribution in [0.2, 0.25) is 0 Å². The number of aromatic amines is 2. The second kappa shape index (κ2) is 8.08. The molecule has 1 aromatic carbocycles. The molecule has 2 aromatic rings. The summed E-state index contributed by atoms with van der Waals surface area (Å²) in [6.45, 7) is 2.84. The molecule has 2 rings (SSSR count). The number of benzene rings is 1. The zero-order chi connectivity index (χ0) is 20.2. The average molecular weight is 397 g/mol. The summed E-state index contributed by atoms with van der Waals surface area (Å²) in [4.78, 5) is 38.7. The third-order valence-corrected chi connectivity index (χ3v) is 5.49. The van der Waals surface area contributed by atoms with Crippen molar-refractivity contribution in [2.45, 2.75) is 18.7 Å². The number of methoxy groups -OCH3 is 1. The van der Waals surface area contributed by atoms with Gasteiger partial charge in [-0.15, -0.1) is 0 Å². The number of nitrogens with one attached hydrogen (secondary N) is 2. The van der Waals surface area contributed by atoms with Gasteiger partial charge < -0.3 is 14.5 Å². The molecule has 1 heterocycles. The highest BCUT2D eigenvalue weighted by Gasteiger charge is 2.32. The number of aryl methyl sites for hydroxylation is 1. The van der Waals surface area contributed by atoms with Crippen molar-refractivity contribution < 1.29 is 22.7 Å². The van der Waals surface area contributed by atoms with E-state index in [1.54, 1.807) is 6.92 Å². The number of hydrogen-bond acceptors (Lipinski definition) is 7. The van der Waals surface area contributed by atoms with Gasteiger partial charge in [0.15, 0.2) is 4.90 Å². The minimum atomic E-state index is -4.48. The van der Waals surface area contributed by atoms with Gasteiger partial charge in [0.2, 0.25) is 0 Å². The summed E-state index contributed by atoms with van der Waals surface area (Å²) in [7, 11) is -3.37. The maximum absolute atomic E-state index is 13.1. The van der Waals surface area contributed by atoms with Gasteiger partial charge in [-0.25, -0.2) is 13.2 Å². The lowest BCUT2D eigenvalue weighted by Crippen LogP contribution is -2.41. The maximum atomic E-state index is 13.1.